The second kappa shape index (κ2) is 2.54. The molecule has 2 atom stereocenters. The summed E-state index contributed by atoms with van der Waals surface area (Å²) in [5.74, 6) is 1.16. The lowest BCUT2D eigenvalue weighted by atomic mass is 10.2. The fourth-order valence-electron chi connectivity index (χ4n) is 2.07. The van der Waals surface area contributed by atoms with Crippen molar-refractivity contribution in [3.05, 3.63) is 0 Å². The van der Waals surface area contributed by atoms with Crippen LogP contribution in [-0.4, -0.2) is 41.0 Å². The standard InChI is InChI=1S/C8H9ClN4/c9-7-6-8(11-4-10-7)13-3-1-2-5(13)12-6/h4,6,8H,1-3H2/t6-,8-/m1/s1. The van der Waals surface area contributed by atoms with E-state index >= 15 is 0 Å². The van der Waals surface area contributed by atoms with Crippen molar-refractivity contribution in [2.45, 2.75) is 25.0 Å². The summed E-state index contributed by atoms with van der Waals surface area (Å²) < 4.78 is 0. The Bertz CT molecular complexity index is 333. The van der Waals surface area contributed by atoms with Gasteiger partial charge in [0.25, 0.3) is 0 Å². The highest BCUT2D eigenvalue weighted by Crippen LogP contribution is 2.29. The summed E-state index contributed by atoms with van der Waals surface area (Å²) in [7, 11) is 0. The second-order valence-electron chi connectivity index (χ2n) is 3.42. The van der Waals surface area contributed by atoms with E-state index in [1.54, 1.807) is 6.34 Å². The monoisotopic (exact) mass is 196 g/mol. The average Bonchev–Trinajstić information content (AvgIpc) is 2.65. The molecule has 5 heteroatoms. The molecule has 0 aliphatic carbocycles. The molecule has 0 radical (unpaired) electrons. The molecular weight excluding hydrogens is 188 g/mol. The Labute approximate surface area is 81.0 Å². The van der Waals surface area contributed by atoms with Gasteiger partial charge in [-0.05, 0) is 6.42 Å². The van der Waals surface area contributed by atoms with Crippen LogP contribution in [0, 0.1) is 0 Å². The molecule has 0 spiro atoms. The fourth-order valence-corrected chi connectivity index (χ4v) is 2.28. The minimum Gasteiger partial charge on any atom is -0.336 e. The second-order valence-corrected chi connectivity index (χ2v) is 3.80. The van der Waals surface area contributed by atoms with Crippen LogP contribution in [0.3, 0.4) is 0 Å². The van der Waals surface area contributed by atoms with Crippen molar-refractivity contribution < 1.29 is 0 Å². The van der Waals surface area contributed by atoms with Gasteiger partial charge in [0.15, 0.2) is 6.17 Å². The summed E-state index contributed by atoms with van der Waals surface area (Å²) in [5, 5.41) is 0.571. The van der Waals surface area contributed by atoms with Crippen LogP contribution in [0.25, 0.3) is 0 Å². The van der Waals surface area contributed by atoms with Crippen molar-refractivity contribution in [3.8, 4) is 0 Å². The number of halogens is 1. The van der Waals surface area contributed by atoms with Crippen molar-refractivity contribution in [2.75, 3.05) is 6.54 Å². The number of hydrogen-bond acceptors (Lipinski definition) is 4. The summed E-state index contributed by atoms with van der Waals surface area (Å²) in [6.45, 7) is 1.06. The highest BCUT2D eigenvalue weighted by Gasteiger charge is 2.41. The molecule has 68 valence electrons. The third-order valence-corrected chi connectivity index (χ3v) is 2.99. The quantitative estimate of drug-likeness (QED) is 0.567. The molecule has 3 aliphatic rings. The van der Waals surface area contributed by atoms with E-state index in [1.165, 1.54) is 6.42 Å². The number of aliphatic imine (C=N–C) groups is 3. The number of nitrogens with zero attached hydrogens (tertiary/aromatic N) is 4. The van der Waals surface area contributed by atoms with Crippen molar-refractivity contribution >= 4 is 28.9 Å². The summed E-state index contributed by atoms with van der Waals surface area (Å²) in [5.41, 5.74) is 0. The van der Waals surface area contributed by atoms with E-state index in [9.17, 15) is 0 Å². The molecule has 1 fully saturated rings. The molecule has 3 aliphatic heterocycles. The topological polar surface area (TPSA) is 40.3 Å². The zero-order chi connectivity index (χ0) is 8.84. The lowest BCUT2D eigenvalue weighted by molar-refractivity contribution is 0.358. The van der Waals surface area contributed by atoms with Crippen LogP contribution in [0.1, 0.15) is 12.8 Å². The first-order valence-electron chi connectivity index (χ1n) is 4.44. The molecule has 3 rings (SSSR count). The first-order chi connectivity index (χ1) is 6.36. The molecule has 0 aromatic carbocycles. The Morgan fingerprint density at radius 3 is 3.38 bits per heavy atom. The molecule has 0 amide bonds. The smallest absolute Gasteiger partial charge is 0.153 e. The van der Waals surface area contributed by atoms with Crippen LogP contribution < -0.4 is 0 Å². The van der Waals surface area contributed by atoms with Crippen molar-refractivity contribution in [2.24, 2.45) is 15.0 Å². The maximum absolute atomic E-state index is 5.95. The Morgan fingerprint density at radius 1 is 1.54 bits per heavy atom. The molecule has 0 aromatic heterocycles. The van der Waals surface area contributed by atoms with Gasteiger partial charge in [0.1, 0.15) is 23.4 Å². The van der Waals surface area contributed by atoms with Gasteiger partial charge in [-0.25, -0.2) is 9.98 Å². The molecule has 0 aromatic rings. The van der Waals surface area contributed by atoms with Crippen molar-refractivity contribution in [3.63, 3.8) is 0 Å². The normalized spacial score (nSPS) is 35.6. The molecule has 4 nitrogen and oxygen atoms in total. The van der Waals surface area contributed by atoms with Gasteiger partial charge in [0, 0.05) is 13.0 Å². The first-order valence-corrected chi connectivity index (χ1v) is 4.82. The average molecular weight is 197 g/mol. The Morgan fingerprint density at radius 2 is 2.46 bits per heavy atom. The van der Waals surface area contributed by atoms with Crippen LogP contribution in [0.2, 0.25) is 0 Å². The molecule has 3 heterocycles. The van der Waals surface area contributed by atoms with Gasteiger partial charge >= 0.3 is 0 Å². The molecule has 1 saturated heterocycles. The van der Waals surface area contributed by atoms with Crippen LogP contribution in [-0.2, 0) is 0 Å². The maximum atomic E-state index is 5.95. The number of hydrogen-bond donors (Lipinski definition) is 0. The Balaban J connectivity index is 2.00. The summed E-state index contributed by atoms with van der Waals surface area (Å²) >= 11 is 5.95. The fraction of sp³-hybridized carbons (Fsp3) is 0.625. The molecule has 0 N–H and O–H groups in total. The minimum absolute atomic E-state index is 0.0260. The maximum Gasteiger partial charge on any atom is 0.153 e. The predicted octanol–water partition coefficient (Wildman–Crippen LogP) is 0.868. The van der Waals surface area contributed by atoms with E-state index in [1.807, 2.05) is 0 Å². The van der Waals surface area contributed by atoms with Crippen LogP contribution in [0.15, 0.2) is 15.0 Å². The van der Waals surface area contributed by atoms with E-state index in [0.29, 0.717) is 5.17 Å². The number of rotatable bonds is 0. The van der Waals surface area contributed by atoms with Gasteiger partial charge < -0.3 is 4.90 Å². The van der Waals surface area contributed by atoms with Crippen LogP contribution in [0.4, 0.5) is 0 Å². The van der Waals surface area contributed by atoms with Gasteiger partial charge in [0.05, 0.1) is 0 Å². The van der Waals surface area contributed by atoms with Gasteiger partial charge in [-0.15, -0.1) is 0 Å². The molecular formula is C8H9ClN4. The van der Waals surface area contributed by atoms with E-state index in [4.69, 9.17) is 11.6 Å². The summed E-state index contributed by atoms with van der Waals surface area (Å²) in [4.78, 5) is 15.0. The van der Waals surface area contributed by atoms with E-state index < -0.39 is 0 Å². The van der Waals surface area contributed by atoms with Gasteiger partial charge in [-0.1, -0.05) is 11.6 Å². The molecule has 0 bridgehead atoms. The largest absolute Gasteiger partial charge is 0.336 e. The van der Waals surface area contributed by atoms with E-state index in [2.05, 4.69) is 19.9 Å². The summed E-state index contributed by atoms with van der Waals surface area (Å²) in [6.07, 6.45) is 3.89. The number of amidine groups is 1. The first kappa shape index (κ1) is 7.50. The van der Waals surface area contributed by atoms with Crippen LogP contribution in [0.5, 0.6) is 0 Å². The highest BCUT2D eigenvalue weighted by atomic mass is 35.5. The van der Waals surface area contributed by atoms with Crippen molar-refractivity contribution in [1.29, 1.82) is 0 Å². The highest BCUT2D eigenvalue weighted by molar-refractivity contribution is 6.67. The summed E-state index contributed by atoms with van der Waals surface area (Å²) in [6, 6.07) is -0.0260. The molecule has 0 unspecified atom stereocenters. The Hall–Kier alpha value is -0.900. The zero-order valence-electron chi connectivity index (χ0n) is 7.02. The van der Waals surface area contributed by atoms with E-state index in [-0.39, 0.29) is 12.2 Å². The van der Waals surface area contributed by atoms with Gasteiger partial charge in [-0.2, -0.15) is 0 Å². The number of fused-ring (bicyclic) bond motifs is 3. The lowest BCUT2D eigenvalue weighted by Crippen LogP contribution is -2.39. The Kier molecular flexibility index (Phi) is 1.47. The molecule has 0 saturated carbocycles. The van der Waals surface area contributed by atoms with E-state index in [0.717, 1.165) is 18.8 Å². The third kappa shape index (κ3) is 0.950. The van der Waals surface area contributed by atoms with Gasteiger partial charge in [0.2, 0.25) is 0 Å². The predicted molar refractivity (Wildman–Crippen MR) is 52.7 cm³/mol. The van der Waals surface area contributed by atoms with Gasteiger partial charge in [-0.3, -0.25) is 4.99 Å². The molecule has 13 heavy (non-hydrogen) atoms. The van der Waals surface area contributed by atoms with Crippen LogP contribution >= 0.6 is 11.6 Å². The SMILES string of the molecule is ClC1=NC=N[C@H]2[C@@H]1N=C1CCCN12. The third-order valence-electron chi connectivity index (χ3n) is 2.67. The lowest BCUT2D eigenvalue weighted by Gasteiger charge is -2.23. The zero-order valence-corrected chi connectivity index (χ0v) is 7.78. The van der Waals surface area contributed by atoms with Crippen molar-refractivity contribution in [1.82, 2.24) is 4.90 Å². The minimum atomic E-state index is -0.0260.